The highest BCUT2D eigenvalue weighted by molar-refractivity contribution is 14.2. The third kappa shape index (κ3) is 3.61. The van der Waals surface area contributed by atoms with Crippen LogP contribution in [0.3, 0.4) is 0 Å². The van der Waals surface area contributed by atoms with Gasteiger partial charge in [-0.2, -0.15) is 0 Å². The largest absolute Gasteiger partial charge is 0.326 e. The van der Waals surface area contributed by atoms with Crippen LogP contribution in [0.1, 0.15) is 18.4 Å². The van der Waals surface area contributed by atoms with Crippen LogP contribution in [0.5, 0.6) is 0 Å². The molecule has 1 aromatic rings. The Kier molecular flexibility index (Phi) is 4.86. The highest BCUT2D eigenvalue weighted by Gasteiger charge is 2.19. The maximum Gasteiger partial charge on any atom is 0.321 e. The quantitative estimate of drug-likeness (QED) is 0.589. The van der Waals surface area contributed by atoms with Gasteiger partial charge in [-0.3, -0.25) is 0 Å². The monoisotopic (exact) mass is 409 g/mol. The summed E-state index contributed by atoms with van der Waals surface area (Å²) in [4.78, 5) is 13.9. The maximum atomic E-state index is 12.0. The van der Waals surface area contributed by atoms with Crippen molar-refractivity contribution >= 4 is 39.9 Å². The van der Waals surface area contributed by atoms with E-state index in [1.807, 2.05) is 0 Å². The van der Waals surface area contributed by atoms with Crippen molar-refractivity contribution in [1.29, 1.82) is 0 Å². The maximum absolute atomic E-state index is 12.0. The molecule has 0 aromatic heterocycles. The molecule has 1 fully saturated rings. The van der Waals surface area contributed by atoms with Gasteiger partial charge in [0.05, 0.1) is 26.1 Å². The number of nitrogens with one attached hydrogen (secondary N) is 1. The van der Waals surface area contributed by atoms with Crippen LogP contribution >= 0.6 is 21.2 Å². The predicted molar refractivity (Wildman–Crippen MR) is 85.4 cm³/mol. The van der Waals surface area contributed by atoms with E-state index in [1.54, 1.807) is 17.0 Å². The Labute approximate surface area is 130 Å². The fourth-order valence-corrected chi connectivity index (χ4v) is 4.15. The minimum absolute atomic E-state index is 0.102. The lowest BCUT2D eigenvalue weighted by Gasteiger charge is -2.17. The molecule has 0 radical (unpaired) electrons. The van der Waals surface area contributed by atoms with Crippen LogP contribution in [0, 0.1) is 0 Å². The minimum atomic E-state index is -3.34. The first-order chi connectivity index (χ1) is 9.41. The fraction of sp³-hybridized carbons (Fsp3) is 0.417. The number of anilines is 1. The first-order valence-electron chi connectivity index (χ1n) is 6.25. The zero-order valence-electron chi connectivity index (χ0n) is 10.8. The molecule has 1 saturated heterocycles. The number of carbonyl (C=O) groups is 1. The van der Waals surface area contributed by atoms with E-state index in [-0.39, 0.29) is 17.5 Å². The number of urea groups is 1. The number of nitrogens with two attached hydrogens (primary N) is 1. The summed E-state index contributed by atoms with van der Waals surface area (Å²) in [7, 11) is -3.34. The second kappa shape index (κ2) is 6.27. The summed E-state index contributed by atoms with van der Waals surface area (Å²) in [5, 5.41) is 2.77. The Morgan fingerprint density at radius 2 is 2.00 bits per heavy atom. The summed E-state index contributed by atoms with van der Waals surface area (Å²) >= 11 is 1.38. The molecule has 1 aliphatic heterocycles. The van der Waals surface area contributed by atoms with Crippen molar-refractivity contribution in [1.82, 2.24) is 4.90 Å². The Hall–Kier alpha value is -0.870. The smallest absolute Gasteiger partial charge is 0.321 e. The standard InChI is InChI=1S/C12H16IN3O3S/c13-20(18,19)11-4-3-10(7-9(11)8-14)15-12(17)16-5-1-2-6-16/h3-4,7H,1-2,5-6,8,14H2,(H,15,17). The van der Waals surface area contributed by atoms with Crippen LogP contribution in [-0.4, -0.2) is 32.4 Å². The second-order valence-electron chi connectivity index (χ2n) is 4.59. The first kappa shape index (κ1) is 15.5. The van der Waals surface area contributed by atoms with Gasteiger partial charge in [-0.15, -0.1) is 0 Å². The van der Waals surface area contributed by atoms with E-state index in [2.05, 4.69) is 5.32 Å². The molecule has 2 amide bonds. The molecule has 0 unspecified atom stereocenters. The molecule has 20 heavy (non-hydrogen) atoms. The zero-order chi connectivity index (χ0) is 14.8. The average molecular weight is 409 g/mol. The van der Waals surface area contributed by atoms with Crippen LogP contribution < -0.4 is 11.1 Å². The molecule has 0 bridgehead atoms. The molecule has 3 N–H and O–H groups in total. The molecule has 2 rings (SSSR count). The third-order valence-corrected chi connectivity index (χ3v) is 5.53. The molecule has 6 nitrogen and oxygen atoms in total. The van der Waals surface area contributed by atoms with Crippen molar-refractivity contribution in [3.8, 4) is 0 Å². The molecule has 0 saturated carbocycles. The summed E-state index contributed by atoms with van der Waals surface area (Å²) in [6.45, 7) is 1.62. The number of carbonyl (C=O) groups excluding carboxylic acids is 1. The molecule has 1 aliphatic rings. The number of halogens is 1. The van der Waals surface area contributed by atoms with Gasteiger partial charge in [0.2, 0.25) is 7.01 Å². The van der Waals surface area contributed by atoms with Crippen LogP contribution in [0.2, 0.25) is 0 Å². The number of nitrogens with zero attached hydrogens (tertiary/aromatic N) is 1. The van der Waals surface area contributed by atoms with Crippen molar-refractivity contribution in [2.24, 2.45) is 5.73 Å². The zero-order valence-corrected chi connectivity index (χ0v) is 13.8. The summed E-state index contributed by atoms with van der Waals surface area (Å²) in [5.74, 6) is 0. The van der Waals surface area contributed by atoms with Gasteiger partial charge < -0.3 is 16.0 Å². The molecule has 0 aliphatic carbocycles. The topological polar surface area (TPSA) is 92.5 Å². The Morgan fingerprint density at radius 1 is 1.35 bits per heavy atom. The average Bonchev–Trinajstić information content (AvgIpc) is 2.91. The molecule has 8 heteroatoms. The van der Waals surface area contributed by atoms with Crippen LogP contribution in [-0.2, 0) is 13.6 Å². The van der Waals surface area contributed by atoms with Gasteiger partial charge in [0, 0.05) is 25.3 Å². The molecule has 0 spiro atoms. The number of benzene rings is 1. The van der Waals surface area contributed by atoms with Gasteiger partial charge in [0.1, 0.15) is 0 Å². The predicted octanol–water partition coefficient (Wildman–Crippen LogP) is 1.90. The van der Waals surface area contributed by atoms with E-state index in [0.717, 1.165) is 25.9 Å². The molecule has 0 atom stereocenters. The molecule has 1 heterocycles. The number of hydrogen-bond donors (Lipinski definition) is 2. The van der Waals surface area contributed by atoms with Crippen LogP contribution in [0.25, 0.3) is 0 Å². The van der Waals surface area contributed by atoms with E-state index < -0.39 is 7.01 Å². The third-order valence-electron chi connectivity index (χ3n) is 3.19. The number of amides is 2. The normalized spacial score (nSPS) is 15.4. The van der Waals surface area contributed by atoms with Gasteiger partial charge in [-0.25, -0.2) is 13.2 Å². The molecule has 110 valence electrons. The van der Waals surface area contributed by atoms with Crippen LogP contribution in [0.4, 0.5) is 10.5 Å². The number of likely N-dealkylation sites (tertiary alicyclic amines) is 1. The van der Waals surface area contributed by atoms with Gasteiger partial charge in [-0.05, 0) is 36.6 Å². The van der Waals surface area contributed by atoms with Crippen molar-refractivity contribution in [3.05, 3.63) is 23.8 Å². The highest BCUT2D eigenvalue weighted by Crippen LogP contribution is 2.25. The lowest BCUT2D eigenvalue weighted by molar-refractivity contribution is 0.222. The van der Waals surface area contributed by atoms with Gasteiger partial charge in [0.25, 0.3) is 0 Å². The second-order valence-corrected chi connectivity index (χ2v) is 9.38. The Bertz CT molecular complexity index is 612. The minimum Gasteiger partial charge on any atom is -0.326 e. The fourth-order valence-electron chi connectivity index (χ4n) is 2.18. The lowest BCUT2D eigenvalue weighted by Crippen LogP contribution is -2.32. The summed E-state index contributed by atoms with van der Waals surface area (Å²) < 4.78 is 23.2. The summed E-state index contributed by atoms with van der Waals surface area (Å²) in [5.41, 5.74) is 6.64. The molecular weight excluding hydrogens is 393 g/mol. The number of hydrogen-bond acceptors (Lipinski definition) is 4. The van der Waals surface area contributed by atoms with Crippen LogP contribution in [0.15, 0.2) is 23.1 Å². The summed E-state index contributed by atoms with van der Waals surface area (Å²) in [6.07, 6.45) is 2.04. The number of rotatable bonds is 3. The van der Waals surface area contributed by atoms with Crippen molar-refractivity contribution in [3.63, 3.8) is 0 Å². The van der Waals surface area contributed by atoms with E-state index in [4.69, 9.17) is 5.73 Å². The van der Waals surface area contributed by atoms with E-state index in [0.29, 0.717) is 11.3 Å². The van der Waals surface area contributed by atoms with E-state index in [9.17, 15) is 13.2 Å². The first-order valence-corrected chi connectivity index (χ1v) is 10.3. The Morgan fingerprint density at radius 3 is 2.55 bits per heavy atom. The SMILES string of the molecule is NCc1cc(NC(=O)N2CCCC2)ccc1S(=O)(=O)I. The van der Waals surface area contributed by atoms with E-state index in [1.165, 1.54) is 27.3 Å². The summed E-state index contributed by atoms with van der Waals surface area (Å²) in [6, 6.07) is 4.51. The van der Waals surface area contributed by atoms with Gasteiger partial charge >= 0.3 is 6.03 Å². The van der Waals surface area contributed by atoms with Crippen molar-refractivity contribution in [2.75, 3.05) is 18.4 Å². The van der Waals surface area contributed by atoms with E-state index >= 15 is 0 Å². The van der Waals surface area contributed by atoms with Gasteiger partial charge in [0.15, 0.2) is 0 Å². The molecule has 1 aromatic carbocycles. The van der Waals surface area contributed by atoms with Crippen molar-refractivity contribution in [2.45, 2.75) is 24.3 Å². The lowest BCUT2D eigenvalue weighted by atomic mass is 10.2. The highest BCUT2D eigenvalue weighted by atomic mass is 127. The Balaban J connectivity index is 2.19. The van der Waals surface area contributed by atoms with Crippen molar-refractivity contribution < 1.29 is 13.2 Å². The molecular formula is C12H16IN3O3S. The van der Waals surface area contributed by atoms with Gasteiger partial charge in [-0.1, -0.05) is 0 Å².